The molecule has 0 aromatic heterocycles. The highest BCUT2D eigenvalue weighted by molar-refractivity contribution is 5.19. The van der Waals surface area contributed by atoms with Crippen molar-refractivity contribution < 1.29 is 4.74 Å². The van der Waals surface area contributed by atoms with E-state index in [1.54, 1.807) is 0 Å². The molecule has 1 fully saturated rings. The van der Waals surface area contributed by atoms with Crippen LogP contribution in [0.1, 0.15) is 98.5 Å². The maximum atomic E-state index is 7.03. The van der Waals surface area contributed by atoms with Gasteiger partial charge in [0.25, 0.3) is 0 Å². The van der Waals surface area contributed by atoms with Crippen molar-refractivity contribution in [3.05, 3.63) is 35.9 Å². The Balaban J connectivity index is 2.21. The molecule has 1 unspecified atom stereocenters. The summed E-state index contributed by atoms with van der Waals surface area (Å²) >= 11 is 0. The van der Waals surface area contributed by atoms with Gasteiger partial charge in [0.2, 0.25) is 0 Å². The maximum absolute atomic E-state index is 7.03. The van der Waals surface area contributed by atoms with Crippen LogP contribution in [0.25, 0.3) is 0 Å². The van der Waals surface area contributed by atoms with E-state index in [1.165, 1.54) is 37.7 Å². The minimum atomic E-state index is -0.123. The van der Waals surface area contributed by atoms with Gasteiger partial charge >= 0.3 is 0 Å². The van der Waals surface area contributed by atoms with Crippen LogP contribution in [-0.2, 0) is 4.74 Å². The van der Waals surface area contributed by atoms with Gasteiger partial charge in [0.05, 0.1) is 11.2 Å². The summed E-state index contributed by atoms with van der Waals surface area (Å²) in [5, 5.41) is 0. The van der Waals surface area contributed by atoms with Gasteiger partial charge in [-0.1, -0.05) is 84.2 Å². The molecule has 0 N–H and O–H groups in total. The molecule has 25 heavy (non-hydrogen) atoms. The summed E-state index contributed by atoms with van der Waals surface area (Å²) in [5.41, 5.74) is 1.47. The summed E-state index contributed by atoms with van der Waals surface area (Å²) in [6.07, 6.45) is 7.55. The summed E-state index contributed by atoms with van der Waals surface area (Å²) < 4.78 is 7.03. The average Bonchev–Trinajstić information content (AvgIpc) is 2.55. The van der Waals surface area contributed by atoms with E-state index in [9.17, 15) is 0 Å². The van der Waals surface area contributed by atoms with E-state index < -0.39 is 0 Å². The largest absolute Gasteiger partial charge is 0.368 e. The molecule has 0 radical (unpaired) electrons. The Morgan fingerprint density at radius 2 is 1.52 bits per heavy atom. The van der Waals surface area contributed by atoms with Crippen LogP contribution in [0.4, 0.5) is 0 Å². The van der Waals surface area contributed by atoms with Gasteiger partial charge in [0, 0.05) is 0 Å². The summed E-state index contributed by atoms with van der Waals surface area (Å²) in [6.45, 7) is 16.6. The van der Waals surface area contributed by atoms with Gasteiger partial charge in [0.15, 0.2) is 0 Å². The van der Waals surface area contributed by atoms with Crippen LogP contribution in [0, 0.1) is 11.3 Å². The van der Waals surface area contributed by atoms with Gasteiger partial charge < -0.3 is 4.74 Å². The standard InChI is InChI=1S/C24H40O/c1-19(2)24(7,25-23(6)16-12-9-13-17-23)22(4,5)18-20(3)21-14-10-8-11-15-21/h8,10-11,14-15,19-20H,9,12-13,16-18H2,1-7H3/t20?,24-/m0/s1. The van der Waals surface area contributed by atoms with Crippen molar-refractivity contribution in [2.45, 2.75) is 104 Å². The van der Waals surface area contributed by atoms with E-state index in [0.717, 1.165) is 6.42 Å². The predicted octanol–water partition coefficient (Wildman–Crippen LogP) is 7.36. The number of rotatable bonds is 7. The van der Waals surface area contributed by atoms with Crippen molar-refractivity contribution in [3.8, 4) is 0 Å². The molecule has 0 aliphatic heterocycles. The number of hydrogen-bond donors (Lipinski definition) is 0. The Labute approximate surface area is 156 Å². The first-order chi connectivity index (χ1) is 11.6. The molecule has 1 heteroatoms. The lowest BCUT2D eigenvalue weighted by molar-refractivity contribution is -0.223. The van der Waals surface area contributed by atoms with Gasteiger partial charge in [-0.05, 0) is 55.9 Å². The van der Waals surface area contributed by atoms with Gasteiger partial charge in [-0.2, -0.15) is 0 Å². The molecule has 1 aromatic rings. The zero-order valence-electron chi connectivity index (χ0n) is 17.7. The van der Waals surface area contributed by atoms with Crippen molar-refractivity contribution in [2.75, 3.05) is 0 Å². The first kappa shape index (κ1) is 20.5. The number of benzene rings is 1. The molecule has 1 aliphatic rings. The van der Waals surface area contributed by atoms with Crippen LogP contribution in [0.15, 0.2) is 30.3 Å². The molecule has 0 saturated heterocycles. The number of ether oxygens (including phenoxy) is 1. The lowest BCUT2D eigenvalue weighted by Crippen LogP contribution is -2.54. The molecule has 1 saturated carbocycles. The SMILES string of the molecule is CC(CC(C)(C)[C@@](C)(OC1(C)CCCCC1)C(C)C)c1ccccc1. The van der Waals surface area contributed by atoms with E-state index in [-0.39, 0.29) is 16.6 Å². The highest BCUT2D eigenvalue weighted by Crippen LogP contribution is 2.49. The van der Waals surface area contributed by atoms with E-state index in [4.69, 9.17) is 4.74 Å². The summed E-state index contributed by atoms with van der Waals surface area (Å²) in [6, 6.07) is 10.9. The molecular weight excluding hydrogens is 304 g/mol. The smallest absolute Gasteiger partial charge is 0.0735 e. The van der Waals surface area contributed by atoms with Crippen molar-refractivity contribution in [1.29, 1.82) is 0 Å². The van der Waals surface area contributed by atoms with Crippen LogP contribution >= 0.6 is 0 Å². The Morgan fingerprint density at radius 3 is 2.04 bits per heavy atom. The first-order valence-electron chi connectivity index (χ1n) is 10.3. The van der Waals surface area contributed by atoms with Crippen LogP contribution in [0.2, 0.25) is 0 Å². The third kappa shape index (κ3) is 4.67. The van der Waals surface area contributed by atoms with Gasteiger partial charge in [-0.15, -0.1) is 0 Å². The molecule has 142 valence electrons. The van der Waals surface area contributed by atoms with E-state index >= 15 is 0 Å². The lowest BCUT2D eigenvalue weighted by atomic mass is 9.64. The highest BCUT2D eigenvalue weighted by Gasteiger charge is 2.49. The third-order valence-electron chi connectivity index (χ3n) is 7.00. The Morgan fingerprint density at radius 1 is 0.960 bits per heavy atom. The predicted molar refractivity (Wildman–Crippen MR) is 109 cm³/mol. The second-order valence-electron chi connectivity index (χ2n) is 9.77. The van der Waals surface area contributed by atoms with Crippen LogP contribution < -0.4 is 0 Å². The molecule has 0 heterocycles. The number of hydrogen-bond acceptors (Lipinski definition) is 1. The molecule has 0 spiro atoms. The van der Waals surface area contributed by atoms with Crippen LogP contribution in [0.5, 0.6) is 0 Å². The monoisotopic (exact) mass is 344 g/mol. The molecular formula is C24H40O. The van der Waals surface area contributed by atoms with Crippen molar-refractivity contribution in [3.63, 3.8) is 0 Å². The average molecular weight is 345 g/mol. The van der Waals surface area contributed by atoms with E-state index in [0.29, 0.717) is 11.8 Å². The molecule has 0 amide bonds. The second-order valence-corrected chi connectivity index (χ2v) is 9.77. The zero-order chi connectivity index (χ0) is 18.7. The normalized spacial score (nSPS) is 21.8. The Hall–Kier alpha value is -0.820. The third-order valence-corrected chi connectivity index (χ3v) is 7.00. The first-order valence-corrected chi connectivity index (χ1v) is 10.3. The Kier molecular flexibility index (Phi) is 6.41. The fraction of sp³-hybridized carbons (Fsp3) is 0.750. The minimum Gasteiger partial charge on any atom is -0.368 e. The van der Waals surface area contributed by atoms with Crippen molar-refractivity contribution in [1.82, 2.24) is 0 Å². The van der Waals surface area contributed by atoms with E-state index in [1.807, 2.05) is 0 Å². The summed E-state index contributed by atoms with van der Waals surface area (Å²) in [7, 11) is 0. The molecule has 1 nitrogen and oxygen atoms in total. The van der Waals surface area contributed by atoms with Gasteiger partial charge in [-0.25, -0.2) is 0 Å². The van der Waals surface area contributed by atoms with Gasteiger partial charge in [0.1, 0.15) is 0 Å². The fourth-order valence-corrected chi connectivity index (χ4v) is 4.82. The highest BCUT2D eigenvalue weighted by atomic mass is 16.5. The molecule has 1 aliphatic carbocycles. The van der Waals surface area contributed by atoms with Crippen molar-refractivity contribution >= 4 is 0 Å². The van der Waals surface area contributed by atoms with Crippen LogP contribution in [-0.4, -0.2) is 11.2 Å². The summed E-state index contributed by atoms with van der Waals surface area (Å²) in [5.74, 6) is 1.03. The van der Waals surface area contributed by atoms with Crippen LogP contribution in [0.3, 0.4) is 0 Å². The molecule has 2 atom stereocenters. The molecule has 0 bridgehead atoms. The fourth-order valence-electron chi connectivity index (χ4n) is 4.82. The molecule has 2 rings (SSSR count). The van der Waals surface area contributed by atoms with Gasteiger partial charge in [-0.3, -0.25) is 0 Å². The minimum absolute atomic E-state index is 0.0462. The zero-order valence-corrected chi connectivity index (χ0v) is 17.7. The van der Waals surface area contributed by atoms with E-state index in [2.05, 4.69) is 78.8 Å². The van der Waals surface area contributed by atoms with Crippen molar-refractivity contribution in [2.24, 2.45) is 11.3 Å². The summed E-state index contributed by atoms with van der Waals surface area (Å²) in [4.78, 5) is 0. The quantitative estimate of drug-likeness (QED) is 0.502. The molecule has 1 aromatic carbocycles. The Bertz CT molecular complexity index is 524. The second kappa shape index (κ2) is 7.82. The maximum Gasteiger partial charge on any atom is 0.0735 e. The lowest BCUT2D eigenvalue weighted by Gasteiger charge is -2.53. The topological polar surface area (TPSA) is 9.23 Å².